The van der Waals surface area contributed by atoms with Crippen LogP contribution < -0.4 is 5.32 Å². The third-order valence-corrected chi connectivity index (χ3v) is 7.06. The van der Waals surface area contributed by atoms with Gasteiger partial charge in [0.15, 0.2) is 5.78 Å². The molecular formula is C20H29N3O2S. The second-order valence-electron chi connectivity index (χ2n) is 8.27. The van der Waals surface area contributed by atoms with Crippen LogP contribution in [0.15, 0.2) is 17.5 Å². The number of carbonyl (C=O) groups is 2. The molecule has 0 bridgehead atoms. The van der Waals surface area contributed by atoms with Gasteiger partial charge >= 0.3 is 6.03 Å². The number of amides is 2. The maximum absolute atomic E-state index is 12.7. The molecule has 1 aromatic heterocycles. The van der Waals surface area contributed by atoms with Crippen molar-refractivity contribution in [3.8, 4) is 0 Å². The smallest absolute Gasteiger partial charge is 0.317 e. The first kappa shape index (κ1) is 18.0. The average Bonchev–Trinajstić information content (AvgIpc) is 3.08. The van der Waals surface area contributed by atoms with E-state index in [1.807, 2.05) is 22.4 Å². The lowest BCUT2D eigenvalue weighted by Gasteiger charge is -2.32. The zero-order valence-corrected chi connectivity index (χ0v) is 16.2. The molecular weight excluding hydrogens is 346 g/mol. The Balaban J connectivity index is 1.27. The minimum Gasteiger partial charge on any atom is -0.337 e. The van der Waals surface area contributed by atoms with Crippen LogP contribution in [0.1, 0.15) is 48.2 Å². The number of nitrogens with zero attached hydrogens (tertiary/aromatic N) is 2. The summed E-state index contributed by atoms with van der Waals surface area (Å²) in [5.41, 5.74) is 0.308. The molecule has 3 heterocycles. The zero-order chi connectivity index (χ0) is 18.0. The summed E-state index contributed by atoms with van der Waals surface area (Å²) < 4.78 is 0. The van der Waals surface area contributed by atoms with Crippen LogP contribution in [0, 0.1) is 11.3 Å². The van der Waals surface area contributed by atoms with Crippen molar-refractivity contribution in [2.24, 2.45) is 11.3 Å². The Bertz CT molecular complexity index is 635. The molecule has 0 spiro atoms. The summed E-state index contributed by atoms with van der Waals surface area (Å²) in [6, 6.07) is 3.82. The number of urea groups is 1. The van der Waals surface area contributed by atoms with Crippen molar-refractivity contribution >= 4 is 23.2 Å². The monoisotopic (exact) mass is 375 g/mol. The molecule has 2 saturated heterocycles. The normalized spacial score (nSPS) is 25.2. The summed E-state index contributed by atoms with van der Waals surface area (Å²) in [5.74, 6) is 0.151. The first-order valence-corrected chi connectivity index (χ1v) is 10.9. The number of piperidine rings is 1. The van der Waals surface area contributed by atoms with Crippen LogP contribution in [0.4, 0.5) is 4.79 Å². The van der Waals surface area contributed by atoms with Crippen LogP contribution in [0.5, 0.6) is 0 Å². The van der Waals surface area contributed by atoms with Crippen LogP contribution >= 0.6 is 11.3 Å². The van der Waals surface area contributed by atoms with Gasteiger partial charge in [0, 0.05) is 37.5 Å². The van der Waals surface area contributed by atoms with Crippen molar-refractivity contribution in [3.05, 3.63) is 22.4 Å². The minimum atomic E-state index is -0.0485. The van der Waals surface area contributed by atoms with Gasteiger partial charge in [-0.2, -0.15) is 0 Å². The number of Topliss-reactive ketones (excluding diaryl/α,β-unsaturated/α-hetero) is 1. The largest absolute Gasteiger partial charge is 0.337 e. The van der Waals surface area contributed by atoms with Crippen LogP contribution in [0.2, 0.25) is 0 Å². The molecule has 26 heavy (non-hydrogen) atoms. The lowest BCUT2D eigenvalue weighted by Crippen LogP contribution is -2.48. The van der Waals surface area contributed by atoms with Gasteiger partial charge in [-0.25, -0.2) is 4.79 Å². The Morgan fingerprint density at radius 2 is 2.00 bits per heavy atom. The van der Waals surface area contributed by atoms with Crippen molar-refractivity contribution in [3.63, 3.8) is 0 Å². The molecule has 1 aliphatic carbocycles. The Kier molecular flexibility index (Phi) is 5.32. The van der Waals surface area contributed by atoms with Crippen molar-refractivity contribution in [2.75, 3.05) is 39.3 Å². The summed E-state index contributed by atoms with van der Waals surface area (Å²) in [4.78, 5) is 30.5. The van der Waals surface area contributed by atoms with E-state index in [0.29, 0.717) is 12.0 Å². The standard InChI is InChI=1S/C20H29N3O2S/c24-18(17-6-4-12-26-17)16-5-3-11-23(13-16)19(25)21-14-20(7-8-20)15-22-9-1-2-10-22/h4,6,12,16H,1-3,5,7-11,13-15H2,(H,21,25)/t16-/m1/s1. The number of hydrogen-bond acceptors (Lipinski definition) is 4. The number of rotatable bonds is 6. The molecule has 3 fully saturated rings. The second kappa shape index (κ2) is 7.69. The third-order valence-electron chi connectivity index (χ3n) is 6.17. The van der Waals surface area contributed by atoms with Gasteiger partial charge in [0.2, 0.25) is 0 Å². The molecule has 1 aromatic rings. The molecule has 1 saturated carbocycles. The van der Waals surface area contributed by atoms with E-state index >= 15 is 0 Å². The number of thiophene rings is 1. The quantitative estimate of drug-likeness (QED) is 0.777. The van der Waals surface area contributed by atoms with Crippen LogP contribution in [-0.2, 0) is 0 Å². The van der Waals surface area contributed by atoms with E-state index in [4.69, 9.17) is 0 Å². The van der Waals surface area contributed by atoms with Crippen molar-refractivity contribution in [2.45, 2.75) is 38.5 Å². The van der Waals surface area contributed by atoms with E-state index in [1.54, 1.807) is 0 Å². The molecule has 4 rings (SSSR count). The highest BCUT2D eigenvalue weighted by molar-refractivity contribution is 7.12. The Morgan fingerprint density at radius 3 is 2.69 bits per heavy atom. The summed E-state index contributed by atoms with van der Waals surface area (Å²) >= 11 is 1.50. The number of ketones is 1. The summed E-state index contributed by atoms with van der Waals surface area (Å²) in [6.07, 6.45) is 6.88. The van der Waals surface area contributed by atoms with Gasteiger partial charge in [-0.05, 0) is 63.1 Å². The summed E-state index contributed by atoms with van der Waals surface area (Å²) in [5, 5.41) is 5.12. The van der Waals surface area contributed by atoms with Gasteiger partial charge in [-0.15, -0.1) is 11.3 Å². The Hall–Kier alpha value is -1.40. The predicted molar refractivity (Wildman–Crippen MR) is 104 cm³/mol. The van der Waals surface area contributed by atoms with Crippen molar-refractivity contribution in [1.29, 1.82) is 0 Å². The van der Waals surface area contributed by atoms with E-state index in [9.17, 15) is 9.59 Å². The van der Waals surface area contributed by atoms with Gasteiger partial charge in [-0.1, -0.05) is 6.07 Å². The van der Waals surface area contributed by atoms with Gasteiger partial charge in [0.1, 0.15) is 0 Å². The molecule has 0 unspecified atom stereocenters. The van der Waals surface area contributed by atoms with E-state index < -0.39 is 0 Å². The molecule has 0 radical (unpaired) electrons. The van der Waals surface area contributed by atoms with E-state index in [1.165, 1.54) is 50.1 Å². The first-order chi connectivity index (χ1) is 12.7. The Labute approximate surface area is 159 Å². The highest BCUT2D eigenvalue weighted by atomic mass is 32.1. The molecule has 142 valence electrons. The fourth-order valence-electron chi connectivity index (χ4n) is 4.35. The number of likely N-dealkylation sites (tertiary alicyclic amines) is 2. The van der Waals surface area contributed by atoms with Crippen LogP contribution in [-0.4, -0.2) is 60.9 Å². The lowest BCUT2D eigenvalue weighted by atomic mass is 9.93. The second-order valence-corrected chi connectivity index (χ2v) is 9.22. The van der Waals surface area contributed by atoms with Crippen LogP contribution in [0.3, 0.4) is 0 Å². The fraction of sp³-hybridized carbons (Fsp3) is 0.700. The molecule has 3 aliphatic rings. The maximum Gasteiger partial charge on any atom is 0.317 e. The molecule has 0 aromatic carbocycles. The fourth-order valence-corrected chi connectivity index (χ4v) is 5.10. The third kappa shape index (κ3) is 4.12. The number of hydrogen-bond donors (Lipinski definition) is 1. The molecule has 6 heteroatoms. The number of carbonyl (C=O) groups excluding carboxylic acids is 2. The molecule has 1 atom stereocenters. The van der Waals surface area contributed by atoms with E-state index in [2.05, 4.69) is 10.2 Å². The van der Waals surface area contributed by atoms with Gasteiger partial charge in [-0.3, -0.25) is 4.79 Å². The van der Waals surface area contributed by atoms with E-state index in [-0.39, 0.29) is 17.7 Å². The maximum atomic E-state index is 12.7. The zero-order valence-electron chi connectivity index (χ0n) is 15.4. The number of nitrogens with one attached hydrogen (secondary N) is 1. The SMILES string of the molecule is O=C(c1cccs1)[C@@H]1CCCN(C(=O)NCC2(CN3CCCC3)CC2)C1. The summed E-state index contributed by atoms with van der Waals surface area (Å²) in [7, 11) is 0. The highest BCUT2D eigenvalue weighted by Crippen LogP contribution is 2.46. The predicted octanol–water partition coefficient (Wildman–Crippen LogP) is 3.23. The van der Waals surface area contributed by atoms with Gasteiger partial charge in [0.05, 0.1) is 4.88 Å². The minimum absolute atomic E-state index is 0.0152. The highest BCUT2D eigenvalue weighted by Gasteiger charge is 2.44. The van der Waals surface area contributed by atoms with Crippen molar-refractivity contribution < 1.29 is 9.59 Å². The molecule has 2 aliphatic heterocycles. The van der Waals surface area contributed by atoms with E-state index in [0.717, 1.165) is 37.4 Å². The first-order valence-electron chi connectivity index (χ1n) is 9.98. The lowest BCUT2D eigenvalue weighted by molar-refractivity contribution is 0.0849. The summed E-state index contributed by atoms with van der Waals surface area (Å²) in [6.45, 7) is 5.67. The topological polar surface area (TPSA) is 52.7 Å². The molecule has 5 nitrogen and oxygen atoms in total. The molecule has 2 amide bonds. The van der Waals surface area contributed by atoms with Crippen molar-refractivity contribution in [1.82, 2.24) is 15.1 Å². The van der Waals surface area contributed by atoms with Gasteiger partial charge < -0.3 is 15.1 Å². The average molecular weight is 376 g/mol. The Morgan fingerprint density at radius 1 is 1.19 bits per heavy atom. The van der Waals surface area contributed by atoms with Crippen LogP contribution in [0.25, 0.3) is 0 Å². The van der Waals surface area contributed by atoms with Gasteiger partial charge in [0.25, 0.3) is 0 Å². The molecule has 1 N–H and O–H groups in total.